The molecule has 6 heteroatoms. The normalized spacial score (nSPS) is 18.7. The van der Waals surface area contributed by atoms with Crippen LogP contribution in [0.1, 0.15) is 42.9 Å². The predicted octanol–water partition coefficient (Wildman–Crippen LogP) is 4.32. The van der Waals surface area contributed by atoms with Crippen LogP contribution in [0.25, 0.3) is 0 Å². The van der Waals surface area contributed by atoms with Crippen molar-refractivity contribution in [3.05, 3.63) is 53.6 Å². The van der Waals surface area contributed by atoms with Crippen molar-refractivity contribution < 1.29 is 17.9 Å². The minimum absolute atomic E-state index is 0.156. The second-order valence-corrected chi connectivity index (χ2v) is 8.77. The molecule has 1 aliphatic heterocycles. The standard InChI is InChI=1S/C21H27NO4S/c1-16-8-7-9-17(14-16)19-10-5-4-6-13-22(19)27(23,24)21-15-18(25-2)11-12-20(21)26-3/h7-9,11-12,14-15,19H,4-6,10,13H2,1-3H3. The van der Waals surface area contributed by atoms with Gasteiger partial charge in [0.1, 0.15) is 16.4 Å². The Morgan fingerprint density at radius 3 is 2.52 bits per heavy atom. The van der Waals surface area contributed by atoms with Crippen molar-refractivity contribution in [3.8, 4) is 11.5 Å². The molecule has 3 rings (SSSR count). The second-order valence-electron chi connectivity index (χ2n) is 6.91. The second kappa shape index (κ2) is 8.31. The lowest BCUT2D eigenvalue weighted by Crippen LogP contribution is -2.35. The average molecular weight is 390 g/mol. The highest BCUT2D eigenvalue weighted by molar-refractivity contribution is 7.89. The number of hydrogen-bond acceptors (Lipinski definition) is 4. The molecular formula is C21H27NO4S. The Balaban J connectivity index is 2.09. The van der Waals surface area contributed by atoms with Crippen molar-refractivity contribution in [2.45, 2.75) is 43.5 Å². The number of benzene rings is 2. The molecule has 0 bridgehead atoms. The van der Waals surface area contributed by atoms with Crippen LogP contribution in [-0.2, 0) is 10.0 Å². The van der Waals surface area contributed by atoms with E-state index in [4.69, 9.17) is 9.47 Å². The van der Waals surface area contributed by atoms with E-state index >= 15 is 0 Å². The fourth-order valence-electron chi connectivity index (χ4n) is 3.69. The minimum Gasteiger partial charge on any atom is -0.497 e. The lowest BCUT2D eigenvalue weighted by Gasteiger charge is -2.30. The number of sulfonamides is 1. The number of methoxy groups -OCH3 is 2. The van der Waals surface area contributed by atoms with Crippen molar-refractivity contribution in [1.29, 1.82) is 0 Å². The quantitative estimate of drug-likeness (QED) is 0.764. The van der Waals surface area contributed by atoms with E-state index in [1.54, 1.807) is 22.5 Å². The summed E-state index contributed by atoms with van der Waals surface area (Å²) in [4.78, 5) is 0.156. The van der Waals surface area contributed by atoms with Gasteiger partial charge in [-0.2, -0.15) is 4.31 Å². The Morgan fingerprint density at radius 2 is 1.81 bits per heavy atom. The Labute approximate surface area is 162 Å². The van der Waals surface area contributed by atoms with E-state index in [-0.39, 0.29) is 10.9 Å². The van der Waals surface area contributed by atoms with Gasteiger partial charge >= 0.3 is 0 Å². The van der Waals surface area contributed by atoms with Crippen LogP contribution in [0.2, 0.25) is 0 Å². The van der Waals surface area contributed by atoms with Gasteiger partial charge in [-0.05, 0) is 37.5 Å². The summed E-state index contributed by atoms with van der Waals surface area (Å²) in [5.74, 6) is 0.833. The molecule has 1 fully saturated rings. The Hall–Kier alpha value is -2.05. The molecule has 5 nitrogen and oxygen atoms in total. The number of aryl methyl sites for hydroxylation is 1. The van der Waals surface area contributed by atoms with Crippen LogP contribution in [-0.4, -0.2) is 33.5 Å². The van der Waals surface area contributed by atoms with E-state index in [2.05, 4.69) is 6.07 Å². The predicted molar refractivity (Wildman–Crippen MR) is 106 cm³/mol. The zero-order chi connectivity index (χ0) is 19.4. The minimum atomic E-state index is -3.74. The highest BCUT2D eigenvalue weighted by atomic mass is 32.2. The van der Waals surface area contributed by atoms with Crippen molar-refractivity contribution in [2.24, 2.45) is 0 Å². The van der Waals surface area contributed by atoms with Gasteiger partial charge in [-0.25, -0.2) is 8.42 Å². The molecule has 1 heterocycles. The van der Waals surface area contributed by atoms with E-state index in [1.165, 1.54) is 14.2 Å². The summed E-state index contributed by atoms with van der Waals surface area (Å²) in [6.07, 6.45) is 3.71. The first-order valence-electron chi connectivity index (χ1n) is 9.28. The third-order valence-corrected chi connectivity index (χ3v) is 7.02. The third-order valence-electron chi connectivity index (χ3n) is 5.09. The van der Waals surface area contributed by atoms with Crippen LogP contribution < -0.4 is 9.47 Å². The zero-order valence-corrected chi connectivity index (χ0v) is 17.0. The van der Waals surface area contributed by atoms with Crippen molar-refractivity contribution in [1.82, 2.24) is 4.31 Å². The highest BCUT2D eigenvalue weighted by Gasteiger charge is 2.35. The monoisotopic (exact) mass is 389 g/mol. The van der Waals surface area contributed by atoms with Crippen LogP contribution in [0, 0.1) is 6.92 Å². The molecule has 0 spiro atoms. The van der Waals surface area contributed by atoms with Crippen LogP contribution >= 0.6 is 0 Å². The summed E-state index contributed by atoms with van der Waals surface area (Å²) in [6, 6.07) is 12.9. The topological polar surface area (TPSA) is 55.8 Å². The van der Waals surface area contributed by atoms with E-state index in [0.717, 1.165) is 36.8 Å². The number of nitrogens with zero attached hydrogens (tertiary/aromatic N) is 1. The van der Waals surface area contributed by atoms with Crippen LogP contribution in [0.4, 0.5) is 0 Å². The van der Waals surface area contributed by atoms with Gasteiger partial charge in [0, 0.05) is 12.6 Å². The molecule has 0 saturated carbocycles. The largest absolute Gasteiger partial charge is 0.497 e. The maximum Gasteiger partial charge on any atom is 0.247 e. The summed E-state index contributed by atoms with van der Waals surface area (Å²) >= 11 is 0. The maximum absolute atomic E-state index is 13.6. The van der Waals surface area contributed by atoms with E-state index < -0.39 is 10.0 Å². The number of ether oxygens (including phenoxy) is 2. The summed E-state index contributed by atoms with van der Waals surface area (Å²) in [6.45, 7) is 2.53. The molecule has 2 aromatic rings. The Kier molecular flexibility index (Phi) is 6.07. The van der Waals surface area contributed by atoms with Gasteiger partial charge in [0.15, 0.2) is 0 Å². The molecular weight excluding hydrogens is 362 g/mol. The summed E-state index contributed by atoms with van der Waals surface area (Å²) in [5, 5.41) is 0. The Bertz CT molecular complexity index is 895. The first-order chi connectivity index (χ1) is 13.0. The van der Waals surface area contributed by atoms with Gasteiger partial charge in [-0.1, -0.05) is 42.7 Å². The number of hydrogen-bond donors (Lipinski definition) is 0. The summed E-state index contributed by atoms with van der Waals surface area (Å²) in [5.41, 5.74) is 2.18. The zero-order valence-electron chi connectivity index (χ0n) is 16.1. The molecule has 1 unspecified atom stereocenters. The fourth-order valence-corrected chi connectivity index (χ4v) is 5.55. The highest BCUT2D eigenvalue weighted by Crippen LogP contribution is 2.38. The van der Waals surface area contributed by atoms with Crippen LogP contribution in [0.3, 0.4) is 0 Å². The molecule has 1 saturated heterocycles. The fraction of sp³-hybridized carbons (Fsp3) is 0.429. The average Bonchev–Trinajstić information content (AvgIpc) is 2.94. The molecule has 1 aliphatic rings. The lowest BCUT2D eigenvalue weighted by atomic mass is 10.0. The molecule has 0 aliphatic carbocycles. The SMILES string of the molecule is COc1ccc(OC)c(S(=O)(=O)N2CCCCCC2c2cccc(C)c2)c1. The molecule has 2 aromatic carbocycles. The molecule has 0 N–H and O–H groups in total. The van der Waals surface area contributed by atoms with Gasteiger partial charge in [0.05, 0.1) is 20.3 Å². The molecule has 1 atom stereocenters. The van der Waals surface area contributed by atoms with Gasteiger partial charge in [0.25, 0.3) is 0 Å². The van der Waals surface area contributed by atoms with Crippen molar-refractivity contribution in [3.63, 3.8) is 0 Å². The molecule has 0 radical (unpaired) electrons. The van der Waals surface area contributed by atoms with E-state index in [1.807, 2.05) is 25.1 Å². The molecule has 27 heavy (non-hydrogen) atoms. The first-order valence-corrected chi connectivity index (χ1v) is 10.7. The molecule has 0 aromatic heterocycles. The van der Waals surface area contributed by atoms with Gasteiger partial charge < -0.3 is 9.47 Å². The van der Waals surface area contributed by atoms with E-state index in [0.29, 0.717) is 18.0 Å². The Morgan fingerprint density at radius 1 is 1.00 bits per heavy atom. The molecule has 0 amide bonds. The maximum atomic E-state index is 13.6. The van der Waals surface area contributed by atoms with Gasteiger partial charge in [-0.3, -0.25) is 0 Å². The van der Waals surface area contributed by atoms with Crippen LogP contribution in [0.5, 0.6) is 11.5 Å². The van der Waals surface area contributed by atoms with E-state index in [9.17, 15) is 8.42 Å². The number of rotatable bonds is 5. The third kappa shape index (κ3) is 4.12. The summed E-state index contributed by atoms with van der Waals surface area (Å²) < 4.78 is 39.5. The molecule has 146 valence electrons. The smallest absolute Gasteiger partial charge is 0.247 e. The van der Waals surface area contributed by atoms with Gasteiger partial charge in [-0.15, -0.1) is 0 Å². The van der Waals surface area contributed by atoms with Crippen LogP contribution in [0.15, 0.2) is 47.4 Å². The summed E-state index contributed by atoms with van der Waals surface area (Å²) in [7, 11) is -0.728. The first kappa shape index (κ1) is 19.7. The lowest BCUT2D eigenvalue weighted by molar-refractivity contribution is 0.325. The van der Waals surface area contributed by atoms with Gasteiger partial charge in [0.2, 0.25) is 10.0 Å². The van der Waals surface area contributed by atoms with Crippen molar-refractivity contribution >= 4 is 10.0 Å². The van der Waals surface area contributed by atoms with Crippen molar-refractivity contribution in [2.75, 3.05) is 20.8 Å².